The number of rotatable bonds is 4. The minimum Gasteiger partial charge on any atom is -0.497 e. The van der Waals surface area contributed by atoms with E-state index in [2.05, 4.69) is 53.4 Å². The predicted octanol–water partition coefficient (Wildman–Crippen LogP) is 4.98. The number of nitrogens with zero attached hydrogens (tertiary/aromatic N) is 4. The number of anilines is 1. The van der Waals surface area contributed by atoms with Crippen molar-refractivity contribution in [2.24, 2.45) is 0 Å². The maximum Gasteiger partial charge on any atom is 0.261 e. The highest BCUT2D eigenvalue weighted by Gasteiger charge is 2.39. The molecule has 3 aromatic carbocycles. The van der Waals surface area contributed by atoms with Gasteiger partial charge < -0.3 is 4.74 Å². The number of hydrogen-bond acceptors (Lipinski definition) is 4. The average molecular weight is 425 g/mol. The molecule has 160 valence electrons. The Morgan fingerprint density at radius 1 is 0.906 bits per heavy atom. The molecule has 2 atom stereocenters. The highest BCUT2D eigenvalue weighted by molar-refractivity contribution is 6.06. The van der Waals surface area contributed by atoms with E-state index in [1.165, 1.54) is 11.9 Å². The molecular formula is C26H24N4O2. The topological polar surface area (TPSA) is 60.2 Å². The predicted molar refractivity (Wildman–Crippen MR) is 123 cm³/mol. The molecule has 6 heteroatoms. The molecule has 5 rings (SSSR count). The number of ether oxygens (including phenoxy) is 1. The third-order valence-electron chi connectivity index (χ3n) is 6.03. The number of carbonyl (C=O) groups is 1. The summed E-state index contributed by atoms with van der Waals surface area (Å²) < 4.78 is 7.11. The van der Waals surface area contributed by atoms with Crippen LogP contribution in [0.2, 0.25) is 0 Å². The number of aryl methyl sites for hydroxylation is 1. The Hall–Kier alpha value is -3.93. The third-order valence-corrected chi connectivity index (χ3v) is 6.03. The number of benzene rings is 3. The second-order valence-corrected chi connectivity index (χ2v) is 8.00. The van der Waals surface area contributed by atoms with Crippen LogP contribution >= 0.6 is 0 Å². The summed E-state index contributed by atoms with van der Waals surface area (Å²) in [5, 5.41) is 4.50. The zero-order valence-electron chi connectivity index (χ0n) is 18.1. The van der Waals surface area contributed by atoms with Crippen molar-refractivity contribution < 1.29 is 9.53 Å². The molecule has 0 unspecified atom stereocenters. The number of amides is 1. The van der Waals surface area contributed by atoms with Gasteiger partial charge in [0, 0.05) is 5.56 Å². The van der Waals surface area contributed by atoms with Gasteiger partial charge >= 0.3 is 0 Å². The molecule has 0 bridgehead atoms. The molecule has 0 spiro atoms. The molecule has 32 heavy (non-hydrogen) atoms. The Morgan fingerprint density at radius 3 is 2.28 bits per heavy atom. The molecule has 2 heterocycles. The summed E-state index contributed by atoms with van der Waals surface area (Å²) in [4.78, 5) is 20.1. The van der Waals surface area contributed by atoms with E-state index >= 15 is 0 Å². The zero-order valence-corrected chi connectivity index (χ0v) is 18.1. The Morgan fingerprint density at radius 2 is 1.59 bits per heavy atom. The van der Waals surface area contributed by atoms with E-state index in [9.17, 15) is 4.79 Å². The first-order valence-corrected chi connectivity index (χ1v) is 10.6. The van der Waals surface area contributed by atoms with E-state index in [-0.39, 0.29) is 18.0 Å². The van der Waals surface area contributed by atoms with Crippen LogP contribution in [0.1, 0.15) is 45.6 Å². The molecule has 1 aliphatic rings. The van der Waals surface area contributed by atoms with Gasteiger partial charge in [0.1, 0.15) is 12.1 Å². The maximum atomic E-state index is 13.8. The van der Waals surface area contributed by atoms with Gasteiger partial charge in [0.2, 0.25) is 5.95 Å². The fraction of sp³-hybridized carbons (Fsp3) is 0.192. The van der Waals surface area contributed by atoms with E-state index in [0.29, 0.717) is 23.7 Å². The molecule has 6 nitrogen and oxygen atoms in total. The molecule has 0 aliphatic carbocycles. The molecule has 1 amide bonds. The highest BCUT2D eigenvalue weighted by atomic mass is 16.5. The lowest BCUT2D eigenvalue weighted by molar-refractivity contribution is 0.0963. The van der Waals surface area contributed by atoms with E-state index in [4.69, 9.17) is 4.74 Å². The Kier molecular flexibility index (Phi) is 5.19. The van der Waals surface area contributed by atoms with Crippen LogP contribution in [-0.2, 0) is 0 Å². The van der Waals surface area contributed by atoms with Crippen LogP contribution in [0.3, 0.4) is 0 Å². The third kappa shape index (κ3) is 3.54. The van der Waals surface area contributed by atoms with Gasteiger partial charge in [-0.3, -0.25) is 9.69 Å². The van der Waals surface area contributed by atoms with Crippen molar-refractivity contribution in [2.75, 3.05) is 12.0 Å². The van der Waals surface area contributed by atoms with Gasteiger partial charge in [0.15, 0.2) is 0 Å². The summed E-state index contributed by atoms with van der Waals surface area (Å²) in [6, 6.07) is 25.6. The SMILES string of the molecule is COc1ccc(C(=O)N2c3ncnn3[C@H](c3ccccc3)C[C@@H]2c2ccc(C)cc2)cc1. The van der Waals surface area contributed by atoms with Gasteiger partial charge in [-0.15, -0.1) is 0 Å². The quantitative estimate of drug-likeness (QED) is 0.464. The van der Waals surface area contributed by atoms with Gasteiger partial charge in [-0.25, -0.2) is 4.68 Å². The molecule has 0 radical (unpaired) electrons. The lowest BCUT2D eigenvalue weighted by atomic mass is 9.91. The van der Waals surface area contributed by atoms with Crippen molar-refractivity contribution in [1.29, 1.82) is 0 Å². The van der Waals surface area contributed by atoms with Gasteiger partial charge in [-0.05, 0) is 48.7 Å². The fourth-order valence-electron chi connectivity index (χ4n) is 4.32. The molecule has 0 saturated heterocycles. The van der Waals surface area contributed by atoms with Crippen LogP contribution < -0.4 is 9.64 Å². The van der Waals surface area contributed by atoms with Crippen LogP contribution in [0.25, 0.3) is 0 Å². The van der Waals surface area contributed by atoms with Crippen molar-refractivity contribution >= 4 is 11.9 Å². The van der Waals surface area contributed by atoms with E-state index < -0.39 is 0 Å². The van der Waals surface area contributed by atoms with Gasteiger partial charge in [-0.1, -0.05) is 60.2 Å². The second-order valence-electron chi connectivity index (χ2n) is 8.00. The highest BCUT2D eigenvalue weighted by Crippen LogP contribution is 2.42. The van der Waals surface area contributed by atoms with Crippen LogP contribution in [-0.4, -0.2) is 27.8 Å². The average Bonchev–Trinajstić information content (AvgIpc) is 3.33. The second kappa shape index (κ2) is 8.30. The summed E-state index contributed by atoms with van der Waals surface area (Å²) >= 11 is 0. The summed E-state index contributed by atoms with van der Waals surface area (Å²) in [5.74, 6) is 1.15. The number of carbonyl (C=O) groups excluding carboxylic acids is 1. The van der Waals surface area contributed by atoms with Crippen molar-refractivity contribution in [3.63, 3.8) is 0 Å². The zero-order chi connectivity index (χ0) is 22.1. The first-order chi connectivity index (χ1) is 15.7. The van der Waals surface area contributed by atoms with Crippen molar-refractivity contribution in [3.8, 4) is 5.75 Å². The maximum absolute atomic E-state index is 13.8. The van der Waals surface area contributed by atoms with Crippen LogP contribution in [0, 0.1) is 6.92 Å². The number of fused-ring (bicyclic) bond motifs is 1. The van der Waals surface area contributed by atoms with Crippen LogP contribution in [0.4, 0.5) is 5.95 Å². The standard InChI is InChI=1S/C26H24N4O2/c1-18-8-10-20(11-9-18)23-16-24(19-6-4-3-5-7-19)30-26(27-17-28-30)29(23)25(31)21-12-14-22(32-2)15-13-21/h3-15,17,23-24H,16H2,1-2H3/t23-,24+/m1/s1. The van der Waals surface area contributed by atoms with Crippen LogP contribution in [0.15, 0.2) is 85.2 Å². The van der Waals surface area contributed by atoms with Crippen molar-refractivity contribution in [2.45, 2.75) is 25.4 Å². The first-order valence-electron chi connectivity index (χ1n) is 10.6. The summed E-state index contributed by atoms with van der Waals surface area (Å²) in [6.07, 6.45) is 2.22. The largest absolute Gasteiger partial charge is 0.497 e. The normalized spacial score (nSPS) is 17.6. The Bertz CT molecular complexity index is 1220. The molecule has 1 aliphatic heterocycles. The molecule has 0 fully saturated rings. The van der Waals surface area contributed by atoms with Crippen LogP contribution in [0.5, 0.6) is 5.75 Å². The molecular weight excluding hydrogens is 400 g/mol. The van der Waals surface area contributed by atoms with Gasteiger partial charge in [0.25, 0.3) is 5.91 Å². The van der Waals surface area contributed by atoms with Gasteiger partial charge in [-0.2, -0.15) is 10.1 Å². The van der Waals surface area contributed by atoms with Crippen molar-refractivity contribution in [1.82, 2.24) is 14.8 Å². The van der Waals surface area contributed by atoms with Crippen molar-refractivity contribution in [3.05, 3.63) is 107 Å². The molecule has 0 N–H and O–H groups in total. The lowest BCUT2D eigenvalue weighted by Gasteiger charge is -2.39. The number of aromatic nitrogens is 3. The van der Waals surface area contributed by atoms with E-state index in [1.807, 2.05) is 22.9 Å². The number of hydrogen-bond donors (Lipinski definition) is 0. The lowest BCUT2D eigenvalue weighted by Crippen LogP contribution is -2.42. The first kappa shape index (κ1) is 20.0. The van der Waals surface area contributed by atoms with Gasteiger partial charge in [0.05, 0.1) is 19.2 Å². The fourth-order valence-corrected chi connectivity index (χ4v) is 4.32. The summed E-state index contributed by atoms with van der Waals surface area (Å²) in [7, 11) is 1.61. The number of methoxy groups -OCH3 is 1. The van der Waals surface area contributed by atoms with E-state index in [0.717, 1.165) is 11.1 Å². The van der Waals surface area contributed by atoms with E-state index in [1.54, 1.807) is 36.3 Å². The minimum absolute atomic E-state index is 0.0140. The Labute approximate surface area is 187 Å². The molecule has 1 aromatic heterocycles. The summed E-state index contributed by atoms with van der Waals surface area (Å²) in [5.41, 5.74) is 3.98. The monoisotopic (exact) mass is 424 g/mol. The Balaban J connectivity index is 1.62. The molecule has 0 saturated carbocycles. The minimum atomic E-state index is -0.174. The summed E-state index contributed by atoms with van der Waals surface area (Å²) in [6.45, 7) is 2.06. The smallest absolute Gasteiger partial charge is 0.261 e. The molecule has 4 aromatic rings.